The van der Waals surface area contributed by atoms with E-state index < -0.39 is 23.3 Å². The Morgan fingerprint density at radius 3 is 1.69 bits per heavy atom. The van der Waals surface area contributed by atoms with Gasteiger partial charge in [-0.2, -0.15) is 0 Å². The first kappa shape index (κ1) is 32.2. The fourth-order valence-electron chi connectivity index (χ4n) is 6.29. The molecule has 12 heteroatoms. The number of nitrogens with two attached hydrogens (primary N) is 1. The minimum Gasteiger partial charge on any atom is -0.444 e. The first-order valence-electron chi connectivity index (χ1n) is 15.5. The van der Waals surface area contributed by atoms with Crippen LogP contribution in [-0.4, -0.2) is 42.9 Å². The maximum atomic E-state index is 13.6. The van der Waals surface area contributed by atoms with Gasteiger partial charge in [-0.05, 0) is 84.3 Å². The van der Waals surface area contributed by atoms with E-state index in [-0.39, 0.29) is 35.3 Å². The largest absolute Gasteiger partial charge is 0.444 e. The number of ether oxygens (including phenoxy) is 1. The molecule has 6 rings (SSSR count). The number of pyridine rings is 4. The highest BCUT2D eigenvalue weighted by atomic mass is 19.1. The van der Waals surface area contributed by atoms with Crippen molar-refractivity contribution in [2.24, 2.45) is 5.73 Å². The molecule has 0 aromatic carbocycles. The van der Waals surface area contributed by atoms with E-state index >= 15 is 0 Å². The molecule has 4 aromatic rings. The summed E-state index contributed by atoms with van der Waals surface area (Å²) in [5.74, 6) is -0.878. The van der Waals surface area contributed by atoms with Crippen molar-refractivity contribution in [2.45, 2.75) is 102 Å². The van der Waals surface area contributed by atoms with Crippen molar-refractivity contribution in [1.29, 1.82) is 0 Å². The van der Waals surface area contributed by atoms with Crippen LogP contribution in [0.15, 0.2) is 58.4 Å². The van der Waals surface area contributed by atoms with Crippen LogP contribution in [0.2, 0.25) is 0 Å². The van der Waals surface area contributed by atoms with Crippen LogP contribution < -0.4 is 22.2 Å². The first-order valence-corrected chi connectivity index (χ1v) is 15.5. The zero-order chi connectivity index (χ0) is 32.3. The predicted octanol–water partition coefficient (Wildman–Crippen LogP) is 5.52. The van der Waals surface area contributed by atoms with Gasteiger partial charge in [-0.15, -0.1) is 0 Å². The van der Waals surface area contributed by atoms with Gasteiger partial charge in [-0.3, -0.25) is 19.6 Å². The molecule has 2 saturated carbocycles. The van der Waals surface area contributed by atoms with E-state index in [1.165, 1.54) is 30.5 Å². The van der Waals surface area contributed by atoms with Crippen molar-refractivity contribution >= 4 is 28.2 Å². The summed E-state index contributed by atoms with van der Waals surface area (Å²) in [7, 11) is 0. The number of nitrogens with zero attached hydrogens (tertiary/aromatic N) is 4. The lowest BCUT2D eigenvalue weighted by molar-refractivity contribution is 0.0488. The molecule has 0 spiro atoms. The van der Waals surface area contributed by atoms with Crippen molar-refractivity contribution in [3.8, 4) is 0 Å². The molecule has 0 radical (unpaired) electrons. The summed E-state index contributed by atoms with van der Waals surface area (Å²) in [4.78, 5) is 44.5. The van der Waals surface area contributed by atoms with Gasteiger partial charge in [0, 0.05) is 48.4 Å². The Bertz CT molecular complexity index is 1780. The topological polar surface area (TPSA) is 134 Å². The standard InChI is InChI=1S/C19H24FN3O3.C14H16FN3O/c1-19(2,3)26-18(25)22-13-4-6-14(7-5-13)23-16-10-12(20)11-21-15(16)8-9-17(23)24;15-9-7-13-12(17-8-9)5-6-14(19)18(13)11-3-1-10(16)2-4-11/h8-11,13-14H,4-7H2,1-3H3,(H,22,25);5-8,10-11H,1-4,16H2. The minimum absolute atomic E-state index is 0.0154. The summed E-state index contributed by atoms with van der Waals surface area (Å²) >= 11 is 0. The number of hydrogen-bond acceptors (Lipinski definition) is 7. The molecule has 4 aromatic heterocycles. The second kappa shape index (κ2) is 13.4. The van der Waals surface area contributed by atoms with Gasteiger partial charge in [0.25, 0.3) is 11.1 Å². The lowest BCUT2D eigenvalue weighted by atomic mass is 9.90. The summed E-state index contributed by atoms with van der Waals surface area (Å²) in [6.07, 6.45) is 8.32. The molecule has 2 fully saturated rings. The molecule has 240 valence electrons. The van der Waals surface area contributed by atoms with Crippen molar-refractivity contribution < 1.29 is 18.3 Å². The molecule has 45 heavy (non-hydrogen) atoms. The average molecular weight is 623 g/mol. The number of rotatable bonds is 3. The molecule has 10 nitrogen and oxygen atoms in total. The molecular formula is C33H40F2N6O4. The number of alkyl carbamates (subject to hydrolysis) is 1. The van der Waals surface area contributed by atoms with E-state index in [4.69, 9.17) is 10.5 Å². The van der Waals surface area contributed by atoms with E-state index in [0.29, 0.717) is 22.1 Å². The summed E-state index contributed by atoms with van der Waals surface area (Å²) in [6.45, 7) is 5.47. The SMILES string of the molecule is CC(C)(C)OC(=O)NC1CCC(n2c(=O)ccc3ncc(F)cc32)CC1.NC1CCC(n2c(=O)ccc3ncc(F)cc32)CC1. The van der Waals surface area contributed by atoms with Gasteiger partial charge < -0.3 is 24.9 Å². The van der Waals surface area contributed by atoms with Gasteiger partial charge in [-0.1, -0.05) is 0 Å². The van der Waals surface area contributed by atoms with Crippen LogP contribution >= 0.6 is 0 Å². The van der Waals surface area contributed by atoms with Gasteiger partial charge >= 0.3 is 6.09 Å². The Morgan fingerprint density at radius 1 is 0.800 bits per heavy atom. The second-order valence-electron chi connectivity index (χ2n) is 12.9. The van der Waals surface area contributed by atoms with Crippen molar-refractivity contribution in [3.63, 3.8) is 0 Å². The van der Waals surface area contributed by atoms with Crippen molar-refractivity contribution in [3.05, 3.63) is 81.1 Å². The lowest BCUT2D eigenvalue weighted by Gasteiger charge is -2.31. The number of aromatic nitrogens is 4. The maximum Gasteiger partial charge on any atom is 0.407 e. The molecular weight excluding hydrogens is 582 g/mol. The number of halogens is 2. The minimum atomic E-state index is -0.533. The fraction of sp³-hybridized carbons (Fsp3) is 0.485. The van der Waals surface area contributed by atoms with Crippen molar-refractivity contribution in [1.82, 2.24) is 24.4 Å². The zero-order valence-electron chi connectivity index (χ0n) is 25.8. The molecule has 2 aliphatic carbocycles. The molecule has 0 unspecified atom stereocenters. The molecule has 4 heterocycles. The van der Waals surface area contributed by atoms with Gasteiger partial charge in [0.15, 0.2) is 0 Å². The molecule has 2 aliphatic rings. The molecule has 3 N–H and O–H groups in total. The Morgan fingerprint density at radius 2 is 1.24 bits per heavy atom. The lowest BCUT2D eigenvalue weighted by Crippen LogP contribution is -2.41. The summed E-state index contributed by atoms with van der Waals surface area (Å²) in [5, 5.41) is 2.89. The number of fused-ring (bicyclic) bond motifs is 2. The van der Waals surface area contributed by atoms with Crippen LogP contribution in [0, 0.1) is 11.6 Å². The van der Waals surface area contributed by atoms with Crippen LogP contribution in [0.25, 0.3) is 22.1 Å². The van der Waals surface area contributed by atoms with Crippen LogP contribution in [0.1, 0.15) is 84.2 Å². The summed E-state index contributed by atoms with van der Waals surface area (Å²) < 4.78 is 35.6. The van der Waals surface area contributed by atoms with Crippen LogP contribution in [0.5, 0.6) is 0 Å². The fourth-order valence-corrected chi connectivity index (χ4v) is 6.29. The third kappa shape index (κ3) is 7.91. The highest BCUT2D eigenvalue weighted by Gasteiger charge is 2.27. The zero-order valence-corrected chi connectivity index (χ0v) is 25.8. The molecule has 0 bridgehead atoms. The second-order valence-corrected chi connectivity index (χ2v) is 12.9. The molecule has 0 aliphatic heterocycles. The van der Waals surface area contributed by atoms with E-state index in [1.807, 2.05) is 20.8 Å². The van der Waals surface area contributed by atoms with Gasteiger partial charge in [0.2, 0.25) is 0 Å². The monoisotopic (exact) mass is 622 g/mol. The van der Waals surface area contributed by atoms with E-state index in [9.17, 15) is 23.2 Å². The van der Waals surface area contributed by atoms with Gasteiger partial charge in [0.05, 0.1) is 34.5 Å². The van der Waals surface area contributed by atoms with E-state index in [1.54, 1.807) is 21.3 Å². The third-order valence-corrected chi connectivity index (χ3v) is 8.38. The smallest absolute Gasteiger partial charge is 0.407 e. The highest BCUT2D eigenvalue weighted by molar-refractivity contribution is 5.75. The molecule has 0 atom stereocenters. The molecule has 0 saturated heterocycles. The normalized spacial score (nSPS) is 22.0. The maximum absolute atomic E-state index is 13.6. The quantitative estimate of drug-likeness (QED) is 0.307. The number of nitrogens with one attached hydrogen (secondary N) is 1. The number of carbonyl (C=O) groups is 1. The Kier molecular flexibility index (Phi) is 9.62. The predicted molar refractivity (Wildman–Crippen MR) is 168 cm³/mol. The van der Waals surface area contributed by atoms with E-state index in [0.717, 1.165) is 57.6 Å². The van der Waals surface area contributed by atoms with Crippen LogP contribution in [-0.2, 0) is 4.74 Å². The third-order valence-electron chi connectivity index (χ3n) is 8.38. The number of amides is 1. The first-order chi connectivity index (χ1) is 21.4. The Labute approximate surface area is 259 Å². The highest BCUT2D eigenvalue weighted by Crippen LogP contribution is 2.31. The van der Waals surface area contributed by atoms with Crippen molar-refractivity contribution in [2.75, 3.05) is 0 Å². The Balaban J connectivity index is 0.000000186. The molecule has 1 amide bonds. The van der Waals surface area contributed by atoms with Gasteiger partial charge in [-0.25, -0.2) is 13.6 Å². The van der Waals surface area contributed by atoms with Gasteiger partial charge in [0.1, 0.15) is 17.2 Å². The summed E-state index contributed by atoms with van der Waals surface area (Å²) in [5.41, 5.74) is 7.44. The summed E-state index contributed by atoms with van der Waals surface area (Å²) in [6, 6.07) is 9.27. The van der Waals surface area contributed by atoms with E-state index in [2.05, 4.69) is 15.3 Å². The van der Waals surface area contributed by atoms with Crippen LogP contribution in [0.4, 0.5) is 13.6 Å². The van der Waals surface area contributed by atoms with Crippen LogP contribution in [0.3, 0.4) is 0 Å². The number of carbonyl (C=O) groups excluding carboxylic acids is 1. The average Bonchev–Trinajstić information content (AvgIpc) is 2.98. The Hall–Kier alpha value is -4.19. The number of hydrogen-bond donors (Lipinski definition) is 2.